The minimum atomic E-state index is -0.476. The molecular formula is C23H20N4O2. The van der Waals surface area contributed by atoms with Crippen LogP contribution in [0.3, 0.4) is 0 Å². The molecule has 0 bridgehead atoms. The molecule has 0 saturated carbocycles. The molecule has 6 nitrogen and oxygen atoms in total. The van der Waals surface area contributed by atoms with Crippen LogP contribution in [0.4, 0.5) is 0 Å². The lowest BCUT2D eigenvalue weighted by Gasteiger charge is -2.22. The Bertz CT molecular complexity index is 1250. The summed E-state index contributed by atoms with van der Waals surface area (Å²) in [5.41, 5.74) is 4.00. The van der Waals surface area contributed by atoms with Crippen LogP contribution in [0.1, 0.15) is 38.7 Å². The highest BCUT2D eigenvalue weighted by Crippen LogP contribution is 2.25. The summed E-state index contributed by atoms with van der Waals surface area (Å²) < 4.78 is 1.37. The van der Waals surface area contributed by atoms with Gasteiger partial charge in [0.2, 0.25) is 0 Å². The molecule has 4 aromatic rings. The molecule has 144 valence electrons. The Labute approximate surface area is 167 Å². The summed E-state index contributed by atoms with van der Waals surface area (Å²) >= 11 is 0. The van der Waals surface area contributed by atoms with Gasteiger partial charge in [0, 0.05) is 24.8 Å². The third-order valence-corrected chi connectivity index (χ3v) is 4.90. The Morgan fingerprint density at radius 3 is 2.72 bits per heavy atom. The first kappa shape index (κ1) is 18.6. The number of nitrogens with zero attached hydrogens (tertiary/aromatic N) is 3. The standard InChI is InChI=1S/C23H20N4O2/c1-15-8-9-16(2)18(12-15)21(17-6-5-10-24-13-17)26-22(28)19-14-25-20-7-3-4-11-27(20)23(19)29/h3-14,21H,1-2H3,(H,26,28). The zero-order chi connectivity index (χ0) is 20.4. The Kier molecular flexibility index (Phi) is 4.91. The van der Waals surface area contributed by atoms with Gasteiger partial charge < -0.3 is 5.32 Å². The van der Waals surface area contributed by atoms with Gasteiger partial charge in [0.05, 0.1) is 6.04 Å². The van der Waals surface area contributed by atoms with E-state index in [0.717, 1.165) is 22.3 Å². The van der Waals surface area contributed by atoms with E-state index in [-0.39, 0.29) is 5.56 Å². The molecule has 0 fully saturated rings. The zero-order valence-corrected chi connectivity index (χ0v) is 16.2. The molecule has 0 aliphatic rings. The molecule has 3 heterocycles. The highest BCUT2D eigenvalue weighted by Gasteiger charge is 2.22. The van der Waals surface area contributed by atoms with Crippen LogP contribution in [0, 0.1) is 13.8 Å². The Morgan fingerprint density at radius 2 is 1.93 bits per heavy atom. The molecule has 0 spiro atoms. The van der Waals surface area contributed by atoms with Gasteiger partial charge in [-0.2, -0.15) is 0 Å². The van der Waals surface area contributed by atoms with E-state index in [1.54, 1.807) is 36.8 Å². The predicted molar refractivity (Wildman–Crippen MR) is 111 cm³/mol. The van der Waals surface area contributed by atoms with E-state index >= 15 is 0 Å². The predicted octanol–water partition coefficient (Wildman–Crippen LogP) is 3.23. The molecule has 6 heteroatoms. The highest BCUT2D eigenvalue weighted by molar-refractivity contribution is 5.94. The van der Waals surface area contributed by atoms with Gasteiger partial charge in [-0.3, -0.25) is 19.0 Å². The van der Waals surface area contributed by atoms with E-state index in [9.17, 15) is 9.59 Å². The van der Waals surface area contributed by atoms with Crippen molar-refractivity contribution in [2.24, 2.45) is 0 Å². The van der Waals surface area contributed by atoms with Crippen LogP contribution in [0.15, 0.2) is 78.1 Å². The summed E-state index contributed by atoms with van der Waals surface area (Å²) in [6.07, 6.45) is 6.34. The number of benzene rings is 1. The average Bonchev–Trinajstić information content (AvgIpc) is 2.75. The topological polar surface area (TPSA) is 76.4 Å². The normalized spacial score (nSPS) is 11.9. The van der Waals surface area contributed by atoms with Gasteiger partial charge in [0.15, 0.2) is 0 Å². The first-order valence-electron chi connectivity index (χ1n) is 9.29. The lowest BCUT2D eigenvalue weighted by molar-refractivity contribution is 0.0941. The maximum atomic E-state index is 13.1. The Balaban J connectivity index is 1.77. The van der Waals surface area contributed by atoms with E-state index in [2.05, 4.69) is 15.3 Å². The molecule has 4 rings (SSSR count). The van der Waals surface area contributed by atoms with Crippen molar-refractivity contribution in [2.75, 3.05) is 0 Å². The third kappa shape index (κ3) is 3.65. The van der Waals surface area contributed by atoms with E-state index < -0.39 is 17.5 Å². The second-order valence-electron chi connectivity index (χ2n) is 6.96. The van der Waals surface area contributed by atoms with Crippen LogP contribution >= 0.6 is 0 Å². The number of hydrogen-bond donors (Lipinski definition) is 1. The molecule has 1 atom stereocenters. The number of aromatic nitrogens is 3. The van der Waals surface area contributed by atoms with Crippen molar-refractivity contribution in [1.29, 1.82) is 0 Å². The number of pyridine rings is 2. The van der Waals surface area contributed by atoms with Crippen molar-refractivity contribution in [3.8, 4) is 0 Å². The smallest absolute Gasteiger partial charge is 0.270 e. The van der Waals surface area contributed by atoms with Crippen LogP contribution in [0.5, 0.6) is 0 Å². The molecule has 29 heavy (non-hydrogen) atoms. The SMILES string of the molecule is Cc1ccc(C)c(C(NC(=O)c2cnc3ccccn3c2=O)c2cccnc2)c1. The van der Waals surface area contributed by atoms with Crippen molar-refractivity contribution < 1.29 is 4.79 Å². The molecule has 3 aromatic heterocycles. The van der Waals surface area contributed by atoms with Crippen molar-refractivity contribution in [3.05, 3.63) is 111 Å². The molecule has 1 N–H and O–H groups in total. The van der Waals surface area contributed by atoms with Crippen molar-refractivity contribution in [2.45, 2.75) is 19.9 Å². The number of carbonyl (C=O) groups excluding carboxylic acids is 1. The Morgan fingerprint density at radius 1 is 1.07 bits per heavy atom. The largest absolute Gasteiger partial charge is 0.341 e. The summed E-state index contributed by atoms with van der Waals surface area (Å²) in [5, 5.41) is 3.01. The zero-order valence-electron chi connectivity index (χ0n) is 16.2. The molecule has 1 aromatic carbocycles. The summed E-state index contributed by atoms with van der Waals surface area (Å²) in [4.78, 5) is 34.3. The maximum absolute atomic E-state index is 13.1. The van der Waals surface area contributed by atoms with Crippen LogP contribution in [-0.2, 0) is 0 Å². The lowest BCUT2D eigenvalue weighted by atomic mass is 9.94. The number of amides is 1. The summed E-state index contributed by atoms with van der Waals surface area (Å²) in [5.74, 6) is -0.476. The fraction of sp³-hybridized carbons (Fsp3) is 0.130. The van der Waals surface area contributed by atoms with Crippen molar-refractivity contribution in [1.82, 2.24) is 19.7 Å². The molecule has 0 radical (unpaired) electrons. The Hall–Kier alpha value is -3.80. The first-order valence-corrected chi connectivity index (χ1v) is 9.29. The van der Waals surface area contributed by atoms with Gasteiger partial charge in [-0.1, -0.05) is 35.9 Å². The molecule has 0 saturated heterocycles. The van der Waals surface area contributed by atoms with Gasteiger partial charge in [-0.05, 0) is 48.7 Å². The molecule has 1 unspecified atom stereocenters. The minimum Gasteiger partial charge on any atom is -0.341 e. The summed E-state index contributed by atoms with van der Waals surface area (Å²) in [6.45, 7) is 4.00. The van der Waals surface area contributed by atoms with Crippen LogP contribution in [0.2, 0.25) is 0 Å². The van der Waals surface area contributed by atoms with Gasteiger partial charge in [0.1, 0.15) is 11.2 Å². The molecular weight excluding hydrogens is 364 g/mol. The van der Waals surface area contributed by atoms with Gasteiger partial charge in [-0.15, -0.1) is 0 Å². The summed E-state index contributed by atoms with van der Waals surface area (Å²) in [7, 11) is 0. The fourth-order valence-electron chi connectivity index (χ4n) is 3.35. The first-order chi connectivity index (χ1) is 14.0. The van der Waals surface area contributed by atoms with Crippen molar-refractivity contribution in [3.63, 3.8) is 0 Å². The van der Waals surface area contributed by atoms with Crippen molar-refractivity contribution >= 4 is 11.6 Å². The fourth-order valence-corrected chi connectivity index (χ4v) is 3.35. The lowest BCUT2D eigenvalue weighted by Crippen LogP contribution is -2.35. The summed E-state index contributed by atoms with van der Waals surface area (Å²) in [6, 6.07) is 14.6. The van der Waals surface area contributed by atoms with E-state index in [1.807, 2.05) is 44.2 Å². The number of carbonyl (C=O) groups is 1. The number of hydrogen-bond acceptors (Lipinski definition) is 4. The number of nitrogens with one attached hydrogen (secondary N) is 1. The second-order valence-corrected chi connectivity index (χ2v) is 6.96. The van der Waals surface area contributed by atoms with Crippen LogP contribution in [0.25, 0.3) is 5.65 Å². The minimum absolute atomic E-state index is 0.00658. The van der Waals surface area contributed by atoms with Gasteiger partial charge >= 0.3 is 0 Å². The van der Waals surface area contributed by atoms with E-state index in [1.165, 1.54) is 10.6 Å². The third-order valence-electron chi connectivity index (χ3n) is 4.90. The van der Waals surface area contributed by atoms with Crippen LogP contribution < -0.4 is 10.9 Å². The number of rotatable bonds is 4. The highest BCUT2D eigenvalue weighted by atomic mass is 16.2. The van der Waals surface area contributed by atoms with Gasteiger partial charge in [0.25, 0.3) is 11.5 Å². The number of aryl methyl sites for hydroxylation is 2. The van der Waals surface area contributed by atoms with Gasteiger partial charge in [-0.25, -0.2) is 4.98 Å². The molecule has 0 aliphatic heterocycles. The quantitative estimate of drug-likeness (QED) is 0.586. The van der Waals surface area contributed by atoms with Crippen LogP contribution in [-0.4, -0.2) is 20.3 Å². The average molecular weight is 384 g/mol. The monoisotopic (exact) mass is 384 g/mol. The second kappa shape index (κ2) is 7.67. The van der Waals surface area contributed by atoms with E-state index in [4.69, 9.17) is 0 Å². The molecule has 1 amide bonds. The van der Waals surface area contributed by atoms with E-state index in [0.29, 0.717) is 5.65 Å². The maximum Gasteiger partial charge on any atom is 0.270 e. The molecule has 0 aliphatic carbocycles. The number of fused-ring (bicyclic) bond motifs is 1.